The zero-order valence-electron chi connectivity index (χ0n) is 6.82. The summed E-state index contributed by atoms with van der Waals surface area (Å²) in [5, 5.41) is 4.61. The van der Waals surface area contributed by atoms with Crippen molar-refractivity contribution in [2.24, 2.45) is 5.14 Å². The minimum Gasteiger partial charge on any atom is -0.371 e. The summed E-state index contributed by atoms with van der Waals surface area (Å²) in [4.78, 5) is 0. The average molecular weight is 205 g/mol. The lowest BCUT2D eigenvalue weighted by Gasteiger charge is -2.04. The molecule has 0 saturated heterocycles. The smallest absolute Gasteiger partial charge is 0.371 e. The number of hydrogen-bond acceptors (Lipinski definition) is 3. The van der Waals surface area contributed by atoms with E-state index in [1.54, 1.807) is 6.92 Å². The van der Waals surface area contributed by atoms with Crippen molar-refractivity contribution in [1.82, 2.24) is 0 Å². The highest BCUT2D eigenvalue weighted by Gasteiger charge is 2.08. The molecule has 0 aromatic heterocycles. The normalized spacial score (nSPS) is 11.3. The van der Waals surface area contributed by atoms with Crippen molar-refractivity contribution in [3.05, 3.63) is 29.6 Å². The lowest BCUT2D eigenvalue weighted by atomic mass is 10.2. The monoisotopic (exact) mass is 205 g/mol. The number of nitrogens with two attached hydrogens (primary N) is 1. The maximum Gasteiger partial charge on any atom is 0.380 e. The third kappa shape index (κ3) is 3.00. The average Bonchev–Trinajstić information content (AvgIpc) is 1.94. The summed E-state index contributed by atoms with van der Waals surface area (Å²) >= 11 is 0. The van der Waals surface area contributed by atoms with E-state index in [1.807, 2.05) is 0 Å². The Labute approximate surface area is 75.4 Å². The predicted octanol–water partition coefficient (Wildman–Crippen LogP) is 0.716. The molecular weight excluding hydrogens is 197 g/mol. The molecular formula is C7H8FNO3S. The number of halogens is 1. The molecule has 72 valence electrons. The Morgan fingerprint density at radius 3 is 2.62 bits per heavy atom. The van der Waals surface area contributed by atoms with Crippen LogP contribution in [0.5, 0.6) is 5.75 Å². The molecule has 0 aliphatic heterocycles. The third-order valence-electron chi connectivity index (χ3n) is 1.36. The van der Waals surface area contributed by atoms with E-state index < -0.39 is 16.1 Å². The van der Waals surface area contributed by atoms with Crippen LogP contribution in [0.4, 0.5) is 4.39 Å². The molecule has 6 heteroatoms. The molecule has 0 saturated carbocycles. The van der Waals surface area contributed by atoms with Crippen LogP contribution < -0.4 is 9.32 Å². The Morgan fingerprint density at radius 1 is 1.46 bits per heavy atom. The van der Waals surface area contributed by atoms with Crippen molar-refractivity contribution in [2.45, 2.75) is 6.92 Å². The molecule has 0 aliphatic carbocycles. The molecule has 1 rings (SSSR count). The topological polar surface area (TPSA) is 69.4 Å². The quantitative estimate of drug-likeness (QED) is 0.773. The van der Waals surface area contributed by atoms with Crippen LogP contribution in [-0.2, 0) is 10.3 Å². The molecule has 0 atom stereocenters. The van der Waals surface area contributed by atoms with Gasteiger partial charge in [0.15, 0.2) is 0 Å². The van der Waals surface area contributed by atoms with E-state index in [-0.39, 0.29) is 5.75 Å². The fourth-order valence-electron chi connectivity index (χ4n) is 0.789. The number of aryl methyl sites for hydroxylation is 1. The molecule has 1 aromatic carbocycles. The number of rotatable bonds is 2. The summed E-state index contributed by atoms with van der Waals surface area (Å²) in [6.07, 6.45) is 0. The van der Waals surface area contributed by atoms with Gasteiger partial charge in [-0.3, -0.25) is 0 Å². The minimum absolute atomic E-state index is 0.0949. The van der Waals surface area contributed by atoms with Gasteiger partial charge in [0.2, 0.25) is 0 Å². The van der Waals surface area contributed by atoms with Crippen molar-refractivity contribution in [3.63, 3.8) is 0 Å². The zero-order valence-corrected chi connectivity index (χ0v) is 7.64. The summed E-state index contributed by atoms with van der Waals surface area (Å²) in [7, 11) is -4.08. The van der Waals surface area contributed by atoms with Crippen LogP contribution in [0.3, 0.4) is 0 Å². The molecule has 0 aliphatic rings. The van der Waals surface area contributed by atoms with Crippen molar-refractivity contribution in [2.75, 3.05) is 0 Å². The molecule has 0 bridgehead atoms. The van der Waals surface area contributed by atoms with E-state index in [9.17, 15) is 12.8 Å². The first-order chi connectivity index (χ1) is 5.88. The fraction of sp³-hybridized carbons (Fsp3) is 0.143. The van der Waals surface area contributed by atoms with Crippen LogP contribution in [0.1, 0.15) is 5.56 Å². The maximum absolute atomic E-state index is 12.6. The van der Waals surface area contributed by atoms with Crippen LogP contribution in [0.2, 0.25) is 0 Å². The van der Waals surface area contributed by atoms with Gasteiger partial charge in [-0.15, -0.1) is 0 Å². The molecule has 0 spiro atoms. The molecule has 4 nitrogen and oxygen atoms in total. The summed E-state index contributed by atoms with van der Waals surface area (Å²) < 4.78 is 37.9. The van der Waals surface area contributed by atoms with Gasteiger partial charge in [0, 0.05) is 6.07 Å². The predicted molar refractivity (Wildman–Crippen MR) is 44.9 cm³/mol. The minimum atomic E-state index is -4.08. The van der Waals surface area contributed by atoms with Gasteiger partial charge < -0.3 is 4.18 Å². The molecule has 0 unspecified atom stereocenters. The zero-order chi connectivity index (χ0) is 10.1. The Balaban J connectivity index is 3.08. The van der Waals surface area contributed by atoms with Crippen LogP contribution in [0.15, 0.2) is 18.2 Å². The van der Waals surface area contributed by atoms with E-state index in [4.69, 9.17) is 0 Å². The first kappa shape index (κ1) is 9.94. The van der Waals surface area contributed by atoms with E-state index >= 15 is 0 Å². The van der Waals surface area contributed by atoms with Gasteiger partial charge in [-0.1, -0.05) is 6.07 Å². The van der Waals surface area contributed by atoms with Crippen molar-refractivity contribution < 1.29 is 17.0 Å². The van der Waals surface area contributed by atoms with E-state index in [0.29, 0.717) is 5.56 Å². The summed E-state index contributed by atoms with van der Waals surface area (Å²) in [6, 6.07) is 3.56. The Morgan fingerprint density at radius 2 is 2.08 bits per heavy atom. The van der Waals surface area contributed by atoms with Crippen LogP contribution in [0, 0.1) is 12.7 Å². The summed E-state index contributed by atoms with van der Waals surface area (Å²) in [5.74, 6) is -0.674. The Kier molecular flexibility index (Phi) is 2.53. The number of hydrogen-bond donors (Lipinski definition) is 1. The molecule has 0 amide bonds. The second-order valence-electron chi connectivity index (χ2n) is 2.49. The summed E-state index contributed by atoms with van der Waals surface area (Å²) in [5.41, 5.74) is 0.496. The van der Waals surface area contributed by atoms with Gasteiger partial charge in [-0.05, 0) is 18.6 Å². The van der Waals surface area contributed by atoms with Crippen LogP contribution in [0.25, 0.3) is 0 Å². The van der Waals surface area contributed by atoms with E-state index in [0.717, 1.165) is 6.07 Å². The molecule has 2 N–H and O–H groups in total. The van der Waals surface area contributed by atoms with Gasteiger partial charge >= 0.3 is 10.3 Å². The van der Waals surface area contributed by atoms with Gasteiger partial charge in [0.25, 0.3) is 0 Å². The molecule has 0 fully saturated rings. The third-order valence-corrected chi connectivity index (χ3v) is 1.77. The lowest BCUT2D eigenvalue weighted by Crippen LogP contribution is -2.19. The molecule has 0 radical (unpaired) electrons. The first-order valence-corrected chi connectivity index (χ1v) is 4.84. The van der Waals surface area contributed by atoms with E-state index in [2.05, 4.69) is 9.32 Å². The molecule has 0 heterocycles. The second kappa shape index (κ2) is 3.31. The van der Waals surface area contributed by atoms with Gasteiger partial charge in [-0.25, -0.2) is 4.39 Å². The van der Waals surface area contributed by atoms with Crippen LogP contribution in [-0.4, -0.2) is 8.42 Å². The highest BCUT2D eigenvalue weighted by atomic mass is 32.2. The van der Waals surface area contributed by atoms with Crippen LogP contribution >= 0.6 is 0 Å². The fourth-order valence-corrected chi connectivity index (χ4v) is 1.22. The van der Waals surface area contributed by atoms with Gasteiger partial charge in [0.05, 0.1) is 0 Å². The standard InChI is InChI=1S/C7H8FNO3S/c1-5-2-3-6(8)4-7(5)12-13(9,10)11/h2-4H,1H3,(H2,9,10,11). The SMILES string of the molecule is Cc1ccc(F)cc1OS(N)(=O)=O. The highest BCUT2D eigenvalue weighted by Crippen LogP contribution is 2.19. The summed E-state index contributed by atoms with van der Waals surface area (Å²) in [6.45, 7) is 1.58. The maximum atomic E-state index is 12.6. The molecule has 13 heavy (non-hydrogen) atoms. The van der Waals surface area contributed by atoms with Crippen molar-refractivity contribution in [1.29, 1.82) is 0 Å². The number of benzene rings is 1. The first-order valence-electron chi connectivity index (χ1n) is 3.37. The van der Waals surface area contributed by atoms with Crippen molar-refractivity contribution in [3.8, 4) is 5.75 Å². The van der Waals surface area contributed by atoms with Gasteiger partial charge in [-0.2, -0.15) is 13.6 Å². The Hall–Kier alpha value is -1.14. The second-order valence-corrected chi connectivity index (χ2v) is 3.64. The van der Waals surface area contributed by atoms with Crippen molar-refractivity contribution >= 4 is 10.3 Å². The lowest BCUT2D eigenvalue weighted by molar-refractivity contribution is 0.483. The highest BCUT2D eigenvalue weighted by molar-refractivity contribution is 7.84. The van der Waals surface area contributed by atoms with Gasteiger partial charge in [0.1, 0.15) is 11.6 Å². The Bertz CT molecular complexity index is 416. The largest absolute Gasteiger partial charge is 0.380 e. The van der Waals surface area contributed by atoms with E-state index in [1.165, 1.54) is 12.1 Å². The molecule has 1 aromatic rings.